The van der Waals surface area contributed by atoms with E-state index in [0.717, 1.165) is 10.2 Å². The summed E-state index contributed by atoms with van der Waals surface area (Å²) in [5, 5.41) is 5.15. The molecule has 1 amide bonds. The number of carbonyl (C=O) groups is 1. The minimum Gasteiger partial charge on any atom is -0.495 e. The molecule has 0 aliphatic carbocycles. The molecule has 0 atom stereocenters. The summed E-state index contributed by atoms with van der Waals surface area (Å²) in [5.74, 6) is 0.349. The first-order valence-corrected chi connectivity index (χ1v) is 7.46. The number of nitrogens with one attached hydrogen (secondary N) is 1. The molecule has 5 nitrogen and oxygen atoms in total. The van der Waals surface area contributed by atoms with E-state index in [2.05, 4.69) is 10.3 Å². The molecule has 0 aliphatic rings. The summed E-state index contributed by atoms with van der Waals surface area (Å²) in [4.78, 5) is 17.0. The molecule has 0 spiro atoms. The predicted molar refractivity (Wildman–Crippen MR) is 82.9 cm³/mol. The molecule has 2 heterocycles. The highest BCUT2D eigenvalue weighted by atomic mass is 32.1. The number of thiophene rings is 1. The second-order valence-corrected chi connectivity index (χ2v) is 5.97. The lowest BCUT2D eigenvalue weighted by molar-refractivity contribution is 0.102. The SMILES string of the molecule is COc1ccsc1C(=O)Nc1nc2ccc(N)cc2s1. The number of hydrogen-bond donors (Lipinski definition) is 2. The van der Waals surface area contributed by atoms with E-state index >= 15 is 0 Å². The van der Waals surface area contributed by atoms with Crippen LogP contribution in [0.2, 0.25) is 0 Å². The van der Waals surface area contributed by atoms with Crippen LogP contribution < -0.4 is 15.8 Å². The number of rotatable bonds is 3. The Hall–Kier alpha value is -2.12. The number of ether oxygens (including phenoxy) is 1. The maximum atomic E-state index is 12.2. The number of benzene rings is 1. The van der Waals surface area contributed by atoms with E-state index in [1.165, 1.54) is 22.7 Å². The number of nitrogen functional groups attached to an aromatic ring is 1. The van der Waals surface area contributed by atoms with Crippen molar-refractivity contribution in [3.05, 3.63) is 34.5 Å². The van der Waals surface area contributed by atoms with Crippen molar-refractivity contribution in [3.63, 3.8) is 0 Å². The zero-order valence-electron chi connectivity index (χ0n) is 10.5. The minimum atomic E-state index is -0.219. The standard InChI is InChI=1S/C13H11N3O2S2/c1-18-9-4-5-19-11(9)12(17)16-13-15-8-3-2-7(14)6-10(8)20-13/h2-6H,14H2,1H3,(H,15,16,17). The van der Waals surface area contributed by atoms with E-state index in [0.29, 0.717) is 21.4 Å². The molecular formula is C13H11N3O2S2. The summed E-state index contributed by atoms with van der Waals surface area (Å²) < 4.78 is 6.08. The first-order valence-electron chi connectivity index (χ1n) is 5.76. The van der Waals surface area contributed by atoms with Gasteiger partial charge in [-0.3, -0.25) is 10.1 Å². The van der Waals surface area contributed by atoms with Gasteiger partial charge >= 0.3 is 0 Å². The van der Waals surface area contributed by atoms with Crippen LogP contribution in [0.15, 0.2) is 29.6 Å². The molecule has 0 aliphatic heterocycles. The fourth-order valence-electron chi connectivity index (χ4n) is 1.77. The van der Waals surface area contributed by atoms with Crippen LogP contribution in [0.3, 0.4) is 0 Å². The Morgan fingerprint density at radius 1 is 1.40 bits per heavy atom. The van der Waals surface area contributed by atoms with Crippen molar-refractivity contribution in [2.45, 2.75) is 0 Å². The van der Waals surface area contributed by atoms with E-state index in [4.69, 9.17) is 10.5 Å². The maximum absolute atomic E-state index is 12.2. The van der Waals surface area contributed by atoms with Gasteiger partial charge in [-0.05, 0) is 29.6 Å². The van der Waals surface area contributed by atoms with E-state index in [9.17, 15) is 4.79 Å². The second kappa shape index (κ2) is 5.10. The quantitative estimate of drug-likeness (QED) is 0.728. The lowest BCUT2D eigenvalue weighted by atomic mass is 10.3. The van der Waals surface area contributed by atoms with Crippen LogP contribution in [0.25, 0.3) is 10.2 Å². The van der Waals surface area contributed by atoms with Gasteiger partial charge in [0.05, 0.1) is 17.3 Å². The Kier molecular flexibility index (Phi) is 3.29. The number of aromatic nitrogens is 1. The fraction of sp³-hybridized carbons (Fsp3) is 0.0769. The third-order valence-corrected chi connectivity index (χ3v) is 4.52. The summed E-state index contributed by atoms with van der Waals surface area (Å²) in [6.45, 7) is 0. The van der Waals surface area contributed by atoms with E-state index < -0.39 is 0 Å². The first kappa shape index (κ1) is 12.9. The Morgan fingerprint density at radius 2 is 2.25 bits per heavy atom. The van der Waals surface area contributed by atoms with Crippen molar-refractivity contribution in [2.75, 3.05) is 18.2 Å². The van der Waals surface area contributed by atoms with Crippen LogP contribution >= 0.6 is 22.7 Å². The van der Waals surface area contributed by atoms with Gasteiger partial charge in [-0.2, -0.15) is 0 Å². The number of thiazole rings is 1. The number of amides is 1. The molecule has 1 aromatic carbocycles. The number of nitrogens with zero attached hydrogens (tertiary/aromatic N) is 1. The average molecular weight is 305 g/mol. The zero-order valence-corrected chi connectivity index (χ0v) is 12.2. The van der Waals surface area contributed by atoms with Gasteiger partial charge in [-0.15, -0.1) is 11.3 Å². The van der Waals surface area contributed by atoms with Gasteiger partial charge in [0.2, 0.25) is 0 Å². The normalized spacial score (nSPS) is 10.7. The van der Waals surface area contributed by atoms with Gasteiger partial charge in [0.15, 0.2) is 5.13 Å². The molecular weight excluding hydrogens is 294 g/mol. The molecule has 7 heteroatoms. The fourth-order valence-corrected chi connectivity index (χ4v) is 3.43. The van der Waals surface area contributed by atoms with Crippen LogP contribution in [0.1, 0.15) is 9.67 Å². The number of nitrogens with two attached hydrogens (primary N) is 1. The lowest BCUT2D eigenvalue weighted by Gasteiger charge is -2.01. The Bertz CT molecular complexity index is 779. The highest BCUT2D eigenvalue weighted by Gasteiger charge is 2.15. The average Bonchev–Trinajstić information content (AvgIpc) is 3.03. The Balaban J connectivity index is 1.87. The molecule has 0 fully saturated rings. The number of fused-ring (bicyclic) bond motifs is 1. The summed E-state index contributed by atoms with van der Waals surface area (Å²) in [5.41, 5.74) is 7.22. The van der Waals surface area contributed by atoms with Crippen molar-refractivity contribution >= 4 is 49.6 Å². The van der Waals surface area contributed by atoms with Crippen molar-refractivity contribution in [1.82, 2.24) is 4.98 Å². The van der Waals surface area contributed by atoms with Gasteiger partial charge in [-0.1, -0.05) is 11.3 Å². The predicted octanol–water partition coefficient (Wildman–Crippen LogP) is 3.20. The van der Waals surface area contributed by atoms with Gasteiger partial charge in [-0.25, -0.2) is 4.98 Å². The molecule has 0 saturated carbocycles. The summed E-state index contributed by atoms with van der Waals surface area (Å²) in [6, 6.07) is 7.23. The number of hydrogen-bond acceptors (Lipinski definition) is 6. The van der Waals surface area contributed by atoms with Crippen molar-refractivity contribution in [3.8, 4) is 5.75 Å². The number of anilines is 2. The van der Waals surface area contributed by atoms with Gasteiger partial charge < -0.3 is 10.5 Å². The summed E-state index contributed by atoms with van der Waals surface area (Å²) >= 11 is 2.72. The largest absolute Gasteiger partial charge is 0.495 e. The van der Waals surface area contributed by atoms with Crippen LogP contribution in [0, 0.1) is 0 Å². The number of methoxy groups -OCH3 is 1. The molecule has 3 N–H and O–H groups in total. The minimum absolute atomic E-state index is 0.219. The molecule has 3 aromatic rings. The summed E-state index contributed by atoms with van der Waals surface area (Å²) in [6.07, 6.45) is 0. The lowest BCUT2D eigenvalue weighted by Crippen LogP contribution is -2.10. The van der Waals surface area contributed by atoms with Gasteiger partial charge in [0.25, 0.3) is 5.91 Å². The Labute approximate surface area is 123 Å². The second-order valence-electron chi connectivity index (χ2n) is 4.02. The van der Waals surface area contributed by atoms with Crippen LogP contribution in [-0.4, -0.2) is 18.0 Å². The third kappa shape index (κ3) is 2.33. The molecule has 0 unspecified atom stereocenters. The van der Waals surface area contributed by atoms with Crippen molar-refractivity contribution < 1.29 is 9.53 Å². The third-order valence-electron chi connectivity index (χ3n) is 2.69. The van der Waals surface area contributed by atoms with Gasteiger partial charge in [0, 0.05) is 5.69 Å². The van der Waals surface area contributed by atoms with Crippen molar-refractivity contribution in [2.24, 2.45) is 0 Å². The molecule has 0 bridgehead atoms. The zero-order chi connectivity index (χ0) is 14.1. The molecule has 20 heavy (non-hydrogen) atoms. The van der Waals surface area contributed by atoms with Gasteiger partial charge in [0.1, 0.15) is 10.6 Å². The van der Waals surface area contributed by atoms with Crippen LogP contribution in [0.4, 0.5) is 10.8 Å². The summed E-state index contributed by atoms with van der Waals surface area (Å²) in [7, 11) is 1.54. The molecule has 102 valence electrons. The smallest absolute Gasteiger partial charge is 0.271 e. The molecule has 0 saturated heterocycles. The number of carbonyl (C=O) groups excluding carboxylic acids is 1. The Morgan fingerprint density at radius 3 is 3.05 bits per heavy atom. The van der Waals surface area contributed by atoms with Crippen LogP contribution in [0.5, 0.6) is 5.75 Å². The monoisotopic (exact) mass is 305 g/mol. The molecule has 0 radical (unpaired) electrons. The highest BCUT2D eigenvalue weighted by Crippen LogP contribution is 2.30. The molecule has 2 aromatic heterocycles. The van der Waals surface area contributed by atoms with E-state index in [1.54, 1.807) is 19.2 Å². The maximum Gasteiger partial charge on any atom is 0.271 e. The molecule has 3 rings (SSSR count). The van der Waals surface area contributed by atoms with Crippen molar-refractivity contribution in [1.29, 1.82) is 0 Å². The topological polar surface area (TPSA) is 77.2 Å². The van der Waals surface area contributed by atoms with E-state index in [1.807, 2.05) is 17.5 Å². The van der Waals surface area contributed by atoms with E-state index in [-0.39, 0.29) is 5.91 Å². The highest BCUT2D eigenvalue weighted by molar-refractivity contribution is 7.22. The first-order chi connectivity index (χ1) is 9.67. The van der Waals surface area contributed by atoms with Crippen LogP contribution in [-0.2, 0) is 0 Å².